The number of ketones is 2. The maximum Gasteiger partial charge on any atom is 0.408 e. The normalized spacial score (nSPS) is 28.9. The van der Waals surface area contributed by atoms with Gasteiger partial charge in [0.05, 0.1) is 6.04 Å². The average Bonchev–Trinajstić information content (AvgIpc) is 3.07. The van der Waals surface area contributed by atoms with Crippen molar-refractivity contribution in [2.24, 2.45) is 45.1 Å². The first-order chi connectivity index (χ1) is 19.7. The van der Waals surface area contributed by atoms with Crippen LogP contribution >= 0.6 is 0 Å². The molecule has 3 saturated carbocycles. The summed E-state index contributed by atoms with van der Waals surface area (Å²) in [6, 6.07) is -1.67. The number of hydrogen-bond donors (Lipinski definition) is 2. The summed E-state index contributed by atoms with van der Waals surface area (Å²) in [6.45, 7) is 18.1. The molecule has 0 radical (unpaired) electrons. The van der Waals surface area contributed by atoms with Gasteiger partial charge in [0, 0.05) is 24.3 Å². The average molecular weight is 602 g/mol. The number of rotatable bonds is 10. The number of carbonyl (C=O) groups is 5. The zero-order valence-electron chi connectivity index (χ0n) is 27.9. The van der Waals surface area contributed by atoms with E-state index in [4.69, 9.17) is 10.5 Å². The number of nitrogens with zero attached hydrogens (tertiary/aromatic N) is 1. The predicted octanol–water partition coefficient (Wildman–Crippen LogP) is 5.18. The second-order valence-electron chi connectivity index (χ2n) is 16.5. The molecule has 5 atom stereocenters. The van der Waals surface area contributed by atoms with Gasteiger partial charge in [0.2, 0.25) is 11.7 Å². The molecule has 9 heteroatoms. The van der Waals surface area contributed by atoms with Gasteiger partial charge in [-0.25, -0.2) is 4.79 Å². The maximum atomic E-state index is 14.6. The molecule has 1 heterocycles. The molecule has 1 aliphatic heterocycles. The molecule has 242 valence electrons. The second-order valence-corrected chi connectivity index (χ2v) is 16.5. The van der Waals surface area contributed by atoms with E-state index in [1.807, 2.05) is 20.8 Å². The highest BCUT2D eigenvalue weighted by Crippen LogP contribution is 2.89. The van der Waals surface area contributed by atoms with Gasteiger partial charge in [0.25, 0.3) is 5.91 Å². The molecule has 0 aromatic rings. The van der Waals surface area contributed by atoms with E-state index < -0.39 is 46.8 Å². The molecule has 3 N–H and O–H groups in total. The Kier molecular flexibility index (Phi) is 8.68. The number of nitrogens with one attached hydrogen (secondary N) is 1. The molecule has 1 saturated heterocycles. The van der Waals surface area contributed by atoms with Gasteiger partial charge in [-0.3, -0.25) is 19.2 Å². The highest BCUT2D eigenvalue weighted by molar-refractivity contribution is 6.36. The van der Waals surface area contributed by atoms with Crippen molar-refractivity contribution in [1.82, 2.24) is 10.2 Å². The van der Waals surface area contributed by atoms with E-state index in [1.165, 1.54) is 0 Å². The van der Waals surface area contributed by atoms with E-state index >= 15 is 0 Å². The number of nitrogens with two attached hydrogens (primary N) is 1. The zero-order chi connectivity index (χ0) is 32.3. The third-order valence-electron chi connectivity index (χ3n) is 11.8. The molecule has 0 aromatic heterocycles. The Morgan fingerprint density at radius 3 is 2.00 bits per heavy atom. The lowest BCUT2D eigenvalue weighted by atomic mass is 9.69. The first-order valence-corrected chi connectivity index (χ1v) is 16.4. The van der Waals surface area contributed by atoms with Crippen LogP contribution in [-0.4, -0.2) is 58.6 Å². The van der Waals surface area contributed by atoms with Crippen molar-refractivity contribution in [3.05, 3.63) is 0 Å². The Bertz CT molecular complexity index is 1160. The summed E-state index contributed by atoms with van der Waals surface area (Å²) in [5, 5.41) is 2.84. The Morgan fingerprint density at radius 2 is 1.60 bits per heavy atom. The molecule has 0 aromatic carbocycles. The third-order valence-corrected chi connectivity index (χ3v) is 11.8. The minimum atomic E-state index is -1.01. The number of carbonyl (C=O) groups excluding carboxylic acids is 5. The molecule has 0 bridgehead atoms. The van der Waals surface area contributed by atoms with E-state index in [1.54, 1.807) is 25.7 Å². The smallest absolute Gasteiger partial charge is 0.408 e. The molecule has 4 fully saturated rings. The van der Waals surface area contributed by atoms with Crippen LogP contribution in [0.15, 0.2) is 0 Å². The fourth-order valence-electron chi connectivity index (χ4n) is 9.34. The van der Waals surface area contributed by atoms with Crippen molar-refractivity contribution in [3.8, 4) is 0 Å². The Hall–Kier alpha value is -2.45. The topological polar surface area (TPSA) is 136 Å². The van der Waals surface area contributed by atoms with Crippen LogP contribution in [0.1, 0.15) is 120 Å². The molecule has 4 rings (SSSR count). The zero-order valence-corrected chi connectivity index (χ0v) is 27.9. The van der Waals surface area contributed by atoms with Crippen LogP contribution in [0.2, 0.25) is 0 Å². The summed E-state index contributed by atoms with van der Waals surface area (Å²) in [5.41, 5.74) is 3.82. The number of amides is 3. The lowest BCUT2D eigenvalue weighted by molar-refractivity contribution is -0.144. The summed E-state index contributed by atoms with van der Waals surface area (Å²) in [5.74, 6) is -2.75. The second kappa shape index (κ2) is 11.2. The van der Waals surface area contributed by atoms with Crippen LogP contribution in [0.5, 0.6) is 0 Å². The SMILES string of the molecule is CC[C@@H]1[C@@H](C(=O)CC(CC2CCC2)C(=O)C(N)=O)N(C(=O)[C@@H](NC(=O)OC(C)(C)C)C(C)(C)C)C[C@@]12C(C)(C)C21CCC1. The van der Waals surface area contributed by atoms with Gasteiger partial charge in [-0.15, -0.1) is 0 Å². The monoisotopic (exact) mass is 601 g/mol. The minimum Gasteiger partial charge on any atom is -0.444 e. The third kappa shape index (κ3) is 5.52. The molecule has 3 aliphatic carbocycles. The summed E-state index contributed by atoms with van der Waals surface area (Å²) in [6.07, 6.45) is 6.71. The van der Waals surface area contributed by atoms with E-state index in [2.05, 4.69) is 26.1 Å². The summed E-state index contributed by atoms with van der Waals surface area (Å²) < 4.78 is 5.52. The van der Waals surface area contributed by atoms with Crippen molar-refractivity contribution in [2.45, 2.75) is 138 Å². The fourth-order valence-corrected chi connectivity index (χ4v) is 9.34. The highest BCUT2D eigenvalue weighted by atomic mass is 16.6. The molecule has 9 nitrogen and oxygen atoms in total. The van der Waals surface area contributed by atoms with Crippen LogP contribution in [0.4, 0.5) is 4.79 Å². The number of fused-ring (bicyclic) bond motifs is 1. The summed E-state index contributed by atoms with van der Waals surface area (Å²) in [4.78, 5) is 68.7. The standard InChI is InChI=1S/C34H55N3O6/c1-10-22-24(23(38)18-21(25(39)27(35)40)17-20-13-11-14-20)37(19-34(22)32(8,9)33(34)15-12-16-33)28(41)26(30(2,3)4)36-29(42)43-31(5,6)7/h20-22,24,26H,10-19H2,1-9H3,(H2,35,40)(H,36,42)/t21?,22-,24+,26-,34+/m1/s1. The van der Waals surface area contributed by atoms with Crippen molar-refractivity contribution < 1.29 is 28.7 Å². The van der Waals surface area contributed by atoms with E-state index in [9.17, 15) is 24.0 Å². The molecule has 2 spiro atoms. The Labute approximate surface area is 257 Å². The Morgan fingerprint density at radius 1 is 1.00 bits per heavy atom. The van der Waals surface area contributed by atoms with Crippen LogP contribution in [0.3, 0.4) is 0 Å². The maximum absolute atomic E-state index is 14.6. The lowest BCUT2D eigenvalue weighted by Gasteiger charge is -2.37. The molecule has 4 aliphatic rings. The van der Waals surface area contributed by atoms with Gasteiger partial charge in [-0.05, 0) is 68.1 Å². The van der Waals surface area contributed by atoms with Gasteiger partial charge >= 0.3 is 6.09 Å². The molecule has 3 amide bonds. The summed E-state index contributed by atoms with van der Waals surface area (Å²) in [7, 11) is 0. The predicted molar refractivity (Wildman–Crippen MR) is 164 cm³/mol. The summed E-state index contributed by atoms with van der Waals surface area (Å²) >= 11 is 0. The Balaban J connectivity index is 1.71. The molecular formula is C34H55N3O6. The number of hydrogen-bond acceptors (Lipinski definition) is 6. The lowest BCUT2D eigenvalue weighted by Crippen LogP contribution is -2.58. The van der Waals surface area contributed by atoms with Crippen LogP contribution in [-0.2, 0) is 23.9 Å². The van der Waals surface area contributed by atoms with Crippen molar-refractivity contribution in [1.29, 1.82) is 0 Å². The number of alkyl carbamates (subject to hydrolysis) is 1. The highest BCUT2D eigenvalue weighted by Gasteiger charge is 2.87. The van der Waals surface area contributed by atoms with Crippen molar-refractivity contribution in [3.63, 3.8) is 0 Å². The van der Waals surface area contributed by atoms with Crippen LogP contribution < -0.4 is 11.1 Å². The largest absolute Gasteiger partial charge is 0.444 e. The van der Waals surface area contributed by atoms with Crippen molar-refractivity contribution >= 4 is 29.5 Å². The molecule has 43 heavy (non-hydrogen) atoms. The van der Waals surface area contributed by atoms with Gasteiger partial charge in [0.1, 0.15) is 11.6 Å². The minimum absolute atomic E-state index is 0.0588. The van der Waals surface area contributed by atoms with E-state index in [-0.39, 0.29) is 40.3 Å². The first kappa shape index (κ1) is 33.4. The van der Waals surface area contributed by atoms with Crippen LogP contribution in [0.25, 0.3) is 0 Å². The number of Topliss-reactive ketones (excluding diaryl/α,β-unsaturated/α-hetero) is 2. The number of ether oxygens (including phenoxy) is 1. The number of likely N-dealkylation sites (tertiary alicyclic amines) is 1. The van der Waals surface area contributed by atoms with Gasteiger partial charge < -0.3 is 20.7 Å². The van der Waals surface area contributed by atoms with Gasteiger partial charge in [-0.2, -0.15) is 0 Å². The quantitative estimate of drug-likeness (QED) is 0.331. The molecular weight excluding hydrogens is 546 g/mol. The molecule has 1 unspecified atom stereocenters. The van der Waals surface area contributed by atoms with Crippen LogP contribution in [0, 0.1) is 39.4 Å². The van der Waals surface area contributed by atoms with E-state index in [0.29, 0.717) is 25.3 Å². The van der Waals surface area contributed by atoms with Crippen molar-refractivity contribution in [2.75, 3.05) is 6.54 Å². The number of primary amides is 1. The fraction of sp³-hybridized carbons (Fsp3) is 0.853. The van der Waals surface area contributed by atoms with E-state index in [0.717, 1.165) is 38.5 Å². The van der Waals surface area contributed by atoms with Gasteiger partial charge in [0.15, 0.2) is 5.78 Å². The van der Waals surface area contributed by atoms with Gasteiger partial charge in [-0.1, -0.05) is 73.6 Å². The first-order valence-electron chi connectivity index (χ1n) is 16.4.